The highest BCUT2D eigenvalue weighted by Gasteiger charge is 2.21. The fourth-order valence-electron chi connectivity index (χ4n) is 3.90. The standard InChI is InChI=1S/C24H22N6O/c1-16-2-6-20(7-3-16)22-21(19-8-4-17(12-25)5-9-19)28-24(23-29-27-15-30(22)23)31-14-18-10-11-26-13-18/h2-9,15,18,26H,10-11,13-14H2,1H3/t18-/m1/s1. The van der Waals surface area contributed by atoms with Crippen LogP contribution in [0.25, 0.3) is 28.2 Å². The summed E-state index contributed by atoms with van der Waals surface area (Å²) in [6.07, 6.45) is 2.79. The first-order chi connectivity index (χ1) is 15.2. The lowest BCUT2D eigenvalue weighted by molar-refractivity contribution is 0.253. The van der Waals surface area contributed by atoms with Crippen LogP contribution in [0.3, 0.4) is 0 Å². The van der Waals surface area contributed by atoms with Gasteiger partial charge in [-0.25, -0.2) is 4.98 Å². The molecule has 0 saturated carbocycles. The predicted octanol–water partition coefficient (Wildman–Crippen LogP) is 3.63. The Balaban J connectivity index is 1.67. The fourth-order valence-corrected chi connectivity index (χ4v) is 3.90. The molecular weight excluding hydrogens is 388 g/mol. The highest BCUT2D eigenvalue weighted by molar-refractivity contribution is 5.81. The maximum atomic E-state index is 9.18. The first kappa shape index (κ1) is 19.2. The molecule has 0 bridgehead atoms. The van der Waals surface area contributed by atoms with Gasteiger partial charge in [-0.1, -0.05) is 42.0 Å². The molecule has 0 aliphatic carbocycles. The molecule has 1 saturated heterocycles. The third kappa shape index (κ3) is 3.74. The molecule has 31 heavy (non-hydrogen) atoms. The van der Waals surface area contributed by atoms with Crippen molar-refractivity contribution in [2.45, 2.75) is 13.3 Å². The molecule has 3 heterocycles. The van der Waals surface area contributed by atoms with Crippen molar-refractivity contribution in [3.8, 4) is 34.5 Å². The van der Waals surface area contributed by atoms with Gasteiger partial charge in [0.1, 0.15) is 6.33 Å². The van der Waals surface area contributed by atoms with E-state index in [1.54, 1.807) is 18.5 Å². The quantitative estimate of drug-likeness (QED) is 0.541. The van der Waals surface area contributed by atoms with Crippen molar-refractivity contribution < 1.29 is 4.74 Å². The van der Waals surface area contributed by atoms with Crippen molar-refractivity contribution in [3.05, 3.63) is 66.0 Å². The predicted molar refractivity (Wildman–Crippen MR) is 118 cm³/mol. The van der Waals surface area contributed by atoms with Crippen molar-refractivity contribution in [2.75, 3.05) is 19.7 Å². The maximum absolute atomic E-state index is 9.18. The Hall–Kier alpha value is -3.76. The summed E-state index contributed by atoms with van der Waals surface area (Å²) in [6, 6.07) is 17.9. The third-order valence-corrected chi connectivity index (χ3v) is 5.65. The Morgan fingerprint density at radius 3 is 2.61 bits per heavy atom. The maximum Gasteiger partial charge on any atom is 0.260 e. The number of nitrogens with one attached hydrogen (secondary N) is 1. The molecule has 1 N–H and O–H groups in total. The van der Waals surface area contributed by atoms with Crippen molar-refractivity contribution in [3.63, 3.8) is 0 Å². The highest BCUT2D eigenvalue weighted by Crippen LogP contribution is 2.34. The summed E-state index contributed by atoms with van der Waals surface area (Å²) in [5.74, 6) is 0.930. The van der Waals surface area contributed by atoms with Gasteiger partial charge in [0, 0.05) is 23.6 Å². The van der Waals surface area contributed by atoms with E-state index in [1.165, 1.54) is 5.56 Å². The largest absolute Gasteiger partial charge is 0.475 e. The fraction of sp³-hybridized carbons (Fsp3) is 0.250. The number of aromatic nitrogens is 4. The van der Waals surface area contributed by atoms with E-state index in [0.29, 0.717) is 29.6 Å². The summed E-state index contributed by atoms with van der Waals surface area (Å²) in [5, 5.41) is 21.0. The summed E-state index contributed by atoms with van der Waals surface area (Å²) in [7, 11) is 0. The number of nitrogens with zero attached hydrogens (tertiary/aromatic N) is 5. The van der Waals surface area contributed by atoms with Gasteiger partial charge in [0.05, 0.1) is 29.6 Å². The zero-order chi connectivity index (χ0) is 21.2. The van der Waals surface area contributed by atoms with E-state index in [9.17, 15) is 5.26 Å². The lowest BCUT2D eigenvalue weighted by Crippen LogP contribution is -2.16. The van der Waals surface area contributed by atoms with Gasteiger partial charge in [-0.15, -0.1) is 10.2 Å². The van der Waals surface area contributed by atoms with Gasteiger partial charge in [0.2, 0.25) is 5.65 Å². The molecule has 1 atom stereocenters. The van der Waals surface area contributed by atoms with Crippen molar-refractivity contribution in [1.29, 1.82) is 5.26 Å². The first-order valence-electron chi connectivity index (χ1n) is 10.4. The molecule has 1 aliphatic heterocycles. The Morgan fingerprint density at radius 1 is 1.13 bits per heavy atom. The van der Waals surface area contributed by atoms with Gasteiger partial charge < -0.3 is 10.1 Å². The van der Waals surface area contributed by atoms with Crippen LogP contribution < -0.4 is 10.1 Å². The van der Waals surface area contributed by atoms with E-state index < -0.39 is 0 Å². The van der Waals surface area contributed by atoms with Crippen LogP contribution in [0.15, 0.2) is 54.9 Å². The van der Waals surface area contributed by atoms with E-state index in [2.05, 4.69) is 52.8 Å². The van der Waals surface area contributed by atoms with Crippen molar-refractivity contribution >= 4 is 5.65 Å². The van der Waals surface area contributed by atoms with Crippen LogP contribution in [0.4, 0.5) is 0 Å². The SMILES string of the molecule is Cc1ccc(-c2c(-c3ccc(C#N)cc3)nc(OC[C@@H]3CCNC3)c3nncn23)cc1. The highest BCUT2D eigenvalue weighted by atomic mass is 16.5. The molecular formula is C24H22N6O. The van der Waals surface area contributed by atoms with Crippen LogP contribution in [0.5, 0.6) is 5.88 Å². The van der Waals surface area contributed by atoms with Crippen molar-refractivity contribution in [1.82, 2.24) is 24.9 Å². The Bertz CT molecular complexity index is 1250. The zero-order valence-electron chi connectivity index (χ0n) is 17.2. The van der Waals surface area contributed by atoms with Crippen LogP contribution in [-0.4, -0.2) is 39.3 Å². The minimum absolute atomic E-state index is 0.458. The Kier molecular flexibility index (Phi) is 5.06. The first-order valence-corrected chi connectivity index (χ1v) is 10.4. The summed E-state index contributed by atoms with van der Waals surface area (Å²) >= 11 is 0. The van der Waals surface area contributed by atoms with Gasteiger partial charge in [0.15, 0.2) is 0 Å². The second kappa shape index (κ2) is 8.17. The number of nitriles is 1. The molecule has 5 rings (SSSR count). The van der Waals surface area contributed by atoms with Crippen LogP contribution in [0, 0.1) is 24.2 Å². The van der Waals surface area contributed by atoms with E-state index in [0.717, 1.165) is 42.0 Å². The molecule has 7 nitrogen and oxygen atoms in total. The molecule has 2 aromatic heterocycles. The molecule has 4 aromatic rings. The Morgan fingerprint density at radius 2 is 1.90 bits per heavy atom. The van der Waals surface area contributed by atoms with Gasteiger partial charge >= 0.3 is 0 Å². The smallest absolute Gasteiger partial charge is 0.260 e. The topological polar surface area (TPSA) is 88.1 Å². The average Bonchev–Trinajstić information content (AvgIpc) is 3.50. The molecule has 0 unspecified atom stereocenters. The van der Waals surface area contributed by atoms with Gasteiger partial charge in [0.25, 0.3) is 5.88 Å². The normalized spacial score (nSPS) is 15.8. The van der Waals surface area contributed by atoms with E-state index in [1.807, 2.05) is 16.5 Å². The van der Waals surface area contributed by atoms with Crippen LogP contribution in [0.1, 0.15) is 17.5 Å². The monoisotopic (exact) mass is 410 g/mol. The minimum Gasteiger partial charge on any atom is -0.475 e. The van der Waals surface area contributed by atoms with Crippen LogP contribution in [-0.2, 0) is 0 Å². The lowest BCUT2D eigenvalue weighted by Gasteiger charge is -2.16. The number of ether oxygens (including phenoxy) is 1. The summed E-state index contributed by atoms with van der Waals surface area (Å²) in [4.78, 5) is 4.91. The molecule has 0 spiro atoms. The summed E-state index contributed by atoms with van der Waals surface area (Å²) in [6.45, 7) is 4.61. The lowest BCUT2D eigenvalue weighted by atomic mass is 10.0. The zero-order valence-corrected chi connectivity index (χ0v) is 17.2. The van der Waals surface area contributed by atoms with E-state index >= 15 is 0 Å². The molecule has 1 fully saturated rings. The number of hydrogen-bond donors (Lipinski definition) is 1. The van der Waals surface area contributed by atoms with E-state index in [4.69, 9.17) is 9.72 Å². The minimum atomic E-state index is 0.458. The van der Waals surface area contributed by atoms with E-state index in [-0.39, 0.29) is 0 Å². The number of fused-ring (bicyclic) bond motifs is 1. The second-order valence-electron chi connectivity index (χ2n) is 7.86. The number of benzene rings is 2. The molecule has 0 amide bonds. The van der Waals surface area contributed by atoms with Crippen LogP contribution in [0.2, 0.25) is 0 Å². The number of aryl methyl sites for hydroxylation is 1. The van der Waals surface area contributed by atoms with Gasteiger partial charge in [-0.05, 0) is 32.0 Å². The molecule has 0 radical (unpaired) electrons. The van der Waals surface area contributed by atoms with Gasteiger partial charge in [-0.3, -0.25) is 4.40 Å². The molecule has 1 aliphatic rings. The third-order valence-electron chi connectivity index (χ3n) is 5.65. The summed E-state index contributed by atoms with van der Waals surface area (Å²) in [5.41, 5.74) is 5.95. The molecule has 154 valence electrons. The molecule has 7 heteroatoms. The Labute approximate surface area is 180 Å². The number of hydrogen-bond acceptors (Lipinski definition) is 6. The average molecular weight is 410 g/mol. The van der Waals surface area contributed by atoms with Crippen LogP contribution >= 0.6 is 0 Å². The second-order valence-corrected chi connectivity index (χ2v) is 7.86. The van der Waals surface area contributed by atoms with Gasteiger partial charge in [-0.2, -0.15) is 5.26 Å². The van der Waals surface area contributed by atoms with Crippen molar-refractivity contribution in [2.24, 2.45) is 5.92 Å². The summed E-state index contributed by atoms with van der Waals surface area (Å²) < 4.78 is 8.09. The number of rotatable bonds is 5. The molecule has 2 aromatic carbocycles.